The van der Waals surface area contributed by atoms with Crippen LogP contribution in [0.3, 0.4) is 0 Å². The van der Waals surface area contributed by atoms with Gasteiger partial charge in [0.25, 0.3) is 0 Å². The van der Waals surface area contributed by atoms with E-state index >= 15 is 0 Å². The lowest BCUT2D eigenvalue weighted by atomic mass is 10.2. The molecule has 0 saturated carbocycles. The summed E-state index contributed by atoms with van der Waals surface area (Å²) in [5.74, 6) is 1.65. The zero-order chi connectivity index (χ0) is 15.2. The Bertz CT molecular complexity index is 511. The third-order valence-electron chi connectivity index (χ3n) is 4.28. The quantitative estimate of drug-likeness (QED) is 0.907. The molecule has 1 fully saturated rings. The van der Waals surface area contributed by atoms with Crippen LogP contribution in [0.15, 0.2) is 18.2 Å². The fraction of sp³-hybridized carbons (Fsp3) is 0.588. The minimum Gasteiger partial charge on any atom is -0.454 e. The summed E-state index contributed by atoms with van der Waals surface area (Å²) in [6, 6.07) is 5.78. The molecule has 1 N–H and O–H groups in total. The van der Waals surface area contributed by atoms with Crippen molar-refractivity contribution in [3.63, 3.8) is 0 Å². The summed E-state index contributed by atoms with van der Waals surface area (Å²) in [5, 5.41) is 2.98. The second kappa shape index (κ2) is 7.49. The molecular formula is C17H24N2O3. The Morgan fingerprint density at radius 1 is 1.09 bits per heavy atom. The van der Waals surface area contributed by atoms with Gasteiger partial charge in [-0.3, -0.25) is 4.79 Å². The maximum atomic E-state index is 12.0. The largest absolute Gasteiger partial charge is 0.454 e. The smallest absolute Gasteiger partial charge is 0.231 e. The van der Waals surface area contributed by atoms with Crippen LogP contribution in [0.1, 0.15) is 37.7 Å². The zero-order valence-corrected chi connectivity index (χ0v) is 13.0. The van der Waals surface area contributed by atoms with Crippen molar-refractivity contribution in [2.24, 2.45) is 0 Å². The maximum Gasteiger partial charge on any atom is 0.231 e. The van der Waals surface area contributed by atoms with Gasteiger partial charge >= 0.3 is 0 Å². The number of fused-ring (bicyclic) bond motifs is 1. The third-order valence-corrected chi connectivity index (χ3v) is 4.28. The van der Waals surface area contributed by atoms with Gasteiger partial charge in [-0.25, -0.2) is 0 Å². The molecule has 0 bridgehead atoms. The molecule has 0 atom stereocenters. The molecule has 0 radical (unpaired) electrons. The molecule has 1 amide bonds. The van der Waals surface area contributed by atoms with Crippen molar-refractivity contribution in [3.05, 3.63) is 23.8 Å². The normalized spacial score (nSPS) is 18.0. The highest BCUT2D eigenvalue weighted by molar-refractivity contribution is 5.76. The van der Waals surface area contributed by atoms with Gasteiger partial charge in [0, 0.05) is 19.5 Å². The van der Waals surface area contributed by atoms with Crippen molar-refractivity contribution in [1.29, 1.82) is 0 Å². The van der Waals surface area contributed by atoms with Gasteiger partial charge in [-0.15, -0.1) is 0 Å². The highest BCUT2D eigenvalue weighted by atomic mass is 16.7. The third kappa shape index (κ3) is 4.13. The van der Waals surface area contributed by atoms with Crippen molar-refractivity contribution >= 4 is 5.91 Å². The Kier molecular flexibility index (Phi) is 5.16. The van der Waals surface area contributed by atoms with Crippen LogP contribution in [0, 0.1) is 0 Å². The Labute approximate surface area is 131 Å². The van der Waals surface area contributed by atoms with E-state index in [2.05, 4.69) is 10.2 Å². The number of carbonyl (C=O) groups excluding carboxylic acids is 1. The molecule has 3 rings (SSSR count). The van der Waals surface area contributed by atoms with E-state index in [1.54, 1.807) is 0 Å². The fourth-order valence-electron chi connectivity index (χ4n) is 2.96. The topological polar surface area (TPSA) is 50.8 Å². The second-order valence-electron chi connectivity index (χ2n) is 5.97. The van der Waals surface area contributed by atoms with Crippen LogP contribution in [0.5, 0.6) is 11.5 Å². The highest BCUT2D eigenvalue weighted by Gasteiger charge is 2.14. The first-order chi connectivity index (χ1) is 10.8. The Balaban J connectivity index is 1.40. The van der Waals surface area contributed by atoms with Crippen molar-refractivity contribution in [1.82, 2.24) is 10.2 Å². The summed E-state index contributed by atoms with van der Waals surface area (Å²) < 4.78 is 10.6. The summed E-state index contributed by atoms with van der Waals surface area (Å²) >= 11 is 0. The average Bonchev–Trinajstić information content (AvgIpc) is 2.84. The number of hydrogen-bond donors (Lipinski definition) is 1. The number of ether oxygens (including phenoxy) is 2. The van der Waals surface area contributed by atoms with E-state index in [1.165, 1.54) is 25.7 Å². The standard InChI is InChI=1S/C17H24N2O3/c20-17(7-10-19-8-3-1-2-4-9-19)18-12-14-5-6-15-16(11-14)22-13-21-15/h5-6,11H,1-4,7-10,12-13H2,(H,18,20). The summed E-state index contributed by atoms with van der Waals surface area (Å²) in [4.78, 5) is 14.4. The monoisotopic (exact) mass is 304 g/mol. The molecule has 1 saturated heterocycles. The molecule has 5 nitrogen and oxygen atoms in total. The molecule has 0 aromatic heterocycles. The molecule has 0 spiro atoms. The molecule has 5 heteroatoms. The Hall–Kier alpha value is -1.75. The van der Waals surface area contributed by atoms with Crippen LogP contribution >= 0.6 is 0 Å². The number of rotatable bonds is 5. The van der Waals surface area contributed by atoms with Crippen LogP contribution in [0.25, 0.3) is 0 Å². The van der Waals surface area contributed by atoms with Gasteiger partial charge in [-0.2, -0.15) is 0 Å². The van der Waals surface area contributed by atoms with Gasteiger partial charge in [0.2, 0.25) is 12.7 Å². The molecule has 0 unspecified atom stereocenters. The summed E-state index contributed by atoms with van der Waals surface area (Å²) in [7, 11) is 0. The molecule has 1 aromatic rings. The molecule has 120 valence electrons. The van der Waals surface area contributed by atoms with Gasteiger partial charge in [0.05, 0.1) is 0 Å². The number of carbonyl (C=O) groups is 1. The minimum atomic E-state index is 0.113. The predicted octanol–water partition coefficient (Wildman–Crippen LogP) is 2.30. The summed E-state index contributed by atoms with van der Waals surface area (Å²) in [5.41, 5.74) is 1.03. The zero-order valence-electron chi connectivity index (χ0n) is 13.0. The van der Waals surface area contributed by atoms with Crippen LogP contribution in [0.2, 0.25) is 0 Å². The number of hydrogen-bond acceptors (Lipinski definition) is 4. The minimum absolute atomic E-state index is 0.113. The van der Waals surface area contributed by atoms with E-state index in [1.807, 2.05) is 18.2 Å². The number of benzene rings is 1. The molecule has 2 aliphatic heterocycles. The van der Waals surface area contributed by atoms with Gasteiger partial charge in [0.15, 0.2) is 11.5 Å². The van der Waals surface area contributed by atoms with E-state index in [0.29, 0.717) is 13.0 Å². The summed E-state index contributed by atoms with van der Waals surface area (Å²) in [6.45, 7) is 3.95. The van der Waals surface area contributed by atoms with E-state index in [9.17, 15) is 4.79 Å². The van der Waals surface area contributed by atoms with E-state index in [4.69, 9.17) is 9.47 Å². The second-order valence-corrected chi connectivity index (χ2v) is 5.97. The van der Waals surface area contributed by atoms with Crippen molar-refractivity contribution < 1.29 is 14.3 Å². The van der Waals surface area contributed by atoms with Crippen LogP contribution in [0.4, 0.5) is 0 Å². The van der Waals surface area contributed by atoms with Gasteiger partial charge in [0.1, 0.15) is 0 Å². The fourth-order valence-corrected chi connectivity index (χ4v) is 2.96. The molecule has 22 heavy (non-hydrogen) atoms. The molecule has 0 aliphatic carbocycles. The molecule has 2 heterocycles. The van der Waals surface area contributed by atoms with E-state index in [0.717, 1.165) is 36.7 Å². The molecular weight excluding hydrogens is 280 g/mol. The average molecular weight is 304 g/mol. The number of likely N-dealkylation sites (tertiary alicyclic amines) is 1. The van der Waals surface area contributed by atoms with Gasteiger partial charge in [-0.1, -0.05) is 18.9 Å². The summed E-state index contributed by atoms with van der Waals surface area (Å²) in [6.07, 6.45) is 5.75. The first-order valence-electron chi connectivity index (χ1n) is 8.19. The maximum absolute atomic E-state index is 12.0. The molecule has 1 aromatic carbocycles. The van der Waals surface area contributed by atoms with Gasteiger partial charge in [-0.05, 0) is 43.6 Å². The van der Waals surface area contributed by atoms with Crippen molar-refractivity contribution in [3.8, 4) is 11.5 Å². The lowest BCUT2D eigenvalue weighted by Crippen LogP contribution is -2.31. The SMILES string of the molecule is O=C(CCN1CCCCCC1)NCc1ccc2c(c1)OCO2. The van der Waals surface area contributed by atoms with Crippen molar-refractivity contribution in [2.75, 3.05) is 26.4 Å². The Morgan fingerprint density at radius 2 is 1.86 bits per heavy atom. The van der Waals surface area contributed by atoms with Crippen LogP contribution < -0.4 is 14.8 Å². The number of amides is 1. The number of nitrogens with one attached hydrogen (secondary N) is 1. The first kappa shape index (κ1) is 15.2. The lowest BCUT2D eigenvalue weighted by molar-refractivity contribution is -0.121. The predicted molar refractivity (Wildman–Crippen MR) is 83.9 cm³/mol. The van der Waals surface area contributed by atoms with Crippen LogP contribution in [-0.2, 0) is 11.3 Å². The molecule has 2 aliphatic rings. The van der Waals surface area contributed by atoms with Crippen LogP contribution in [-0.4, -0.2) is 37.2 Å². The van der Waals surface area contributed by atoms with Crippen molar-refractivity contribution in [2.45, 2.75) is 38.6 Å². The highest BCUT2D eigenvalue weighted by Crippen LogP contribution is 2.32. The van der Waals surface area contributed by atoms with E-state index in [-0.39, 0.29) is 12.7 Å². The first-order valence-corrected chi connectivity index (χ1v) is 8.19. The lowest BCUT2D eigenvalue weighted by Gasteiger charge is -2.19. The number of nitrogens with zero attached hydrogens (tertiary/aromatic N) is 1. The van der Waals surface area contributed by atoms with E-state index < -0.39 is 0 Å². The van der Waals surface area contributed by atoms with Gasteiger partial charge < -0.3 is 19.7 Å². The Morgan fingerprint density at radius 3 is 2.68 bits per heavy atom.